The number of hydrogen-bond acceptors (Lipinski definition) is 7. The first-order valence-corrected chi connectivity index (χ1v) is 10.1. The van der Waals surface area contributed by atoms with Crippen molar-refractivity contribution in [3.63, 3.8) is 0 Å². The first-order valence-electron chi connectivity index (χ1n) is 10.1. The average molecular weight is 472 g/mol. The van der Waals surface area contributed by atoms with Crippen molar-refractivity contribution < 1.29 is 32.6 Å². The number of hydrogen-bond donors (Lipinski definition) is 1. The Balaban J connectivity index is 1.62. The predicted octanol–water partition coefficient (Wildman–Crippen LogP) is 2.15. The van der Waals surface area contributed by atoms with E-state index in [1.807, 2.05) is 4.98 Å². The molecule has 1 N–H and O–H groups in total. The first kappa shape index (κ1) is 23.1. The van der Waals surface area contributed by atoms with Gasteiger partial charge in [0.2, 0.25) is 0 Å². The Morgan fingerprint density at radius 1 is 0.971 bits per heavy atom. The van der Waals surface area contributed by atoms with Crippen LogP contribution in [0, 0.1) is 0 Å². The molecule has 1 saturated heterocycles. The molecule has 4 rings (SSSR count). The lowest BCUT2D eigenvalue weighted by Gasteiger charge is -2.25. The smallest absolute Gasteiger partial charge is 0.338 e. The fourth-order valence-electron chi connectivity index (χ4n) is 3.41. The summed E-state index contributed by atoms with van der Waals surface area (Å²) < 4.78 is 47.1. The molecule has 0 unspecified atom stereocenters. The van der Waals surface area contributed by atoms with E-state index in [0.717, 1.165) is 12.3 Å². The van der Waals surface area contributed by atoms with Crippen molar-refractivity contribution in [2.45, 2.75) is 24.4 Å². The molecule has 0 aliphatic carbocycles. The molecule has 1 aromatic heterocycles. The van der Waals surface area contributed by atoms with Crippen LogP contribution in [0.3, 0.4) is 0 Å². The van der Waals surface area contributed by atoms with Crippen molar-refractivity contribution >= 4 is 11.9 Å². The van der Waals surface area contributed by atoms with Gasteiger partial charge in [-0.2, -0.15) is 0 Å². The van der Waals surface area contributed by atoms with Crippen LogP contribution < -0.4 is 11.2 Å². The molecule has 0 amide bonds. The van der Waals surface area contributed by atoms with Gasteiger partial charge in [0, 0.05) is 12.3 Å². The second kappa shape index (κ2) is 9.40. The highest BCUT2D eigenvalue weighted by Gasteiger charge is 2.61. The number of carbonyl (C=O) groups is 2. The number of aromatic nitrogens is 2. The summed E-state index contributed by atoms with van der Waals surface area (Å²) in [6.45, 7) is -1.14. The normalized spacial score (nSPS) is 23.9. The van der Waals surface area contributed by atoms with Gasteiger partial charge in [0.05, 0.1) is 11.1 Å². The first-order chi connectivity index (χ1) is 16.3. The van der Waals surface area contributed by atoms with E-state index in [1.54, 1.807) is 24.3 Å². The molecule has 176 valence electrons. The van der Waals surface area contributed by atoms with Crippen LogP contribution in [0.4, 0.5) is 8.78 Å². The third-order valence-corrected chi connectivity index (χ3v) is 5.08. The Labute approximate surface area is 190 Å². The van der Waals surface area contributed by atoms with E-state index in [9.17, 15) is 19.2 Å². The molecular weight excluding hydrogens is 454 g/mol. The summed E-state index contributed by atoms with van der Waals surface area (Å²) in [5, 5.41) is 0. The SMILES string of the molecule is O=C(OC[C@@]1(F)O[C@@H](n2ccc(=O)[nH]c2=O)[C@H](F)[C@@H]1OC(=O)c1ccccc1)c1ccccc1. The van der Waals surface area contributed by atoms with Gasteiger partial charge in [0.25, 0.3) is 11.4 Å². The minimum atomic E-state index is -3.14. The maximum absolute atomic E-state index is 15.9. The number of alkyl halides is 2. The van der Waals surface area contributed by atoms with Crippen LogP contribution in [0.5, 0.6) is 0 Å². The summed E-state index contributed by atoms with van der Waals surface area (Å²) in [5.74, 6) is -5.12. The zero-order chi connectivity index (χ0) is 24.3. The van der Waals surface area contributed by atoms with Crippen LogP contribution in [0.2, 0.25) is 0 Å². The highest BCUT2D eigenvalue weighted by atomic mass is 19.2. The van der Waals surface area contributed by atoms with Crippen molar-refractivity contribution in [2.24, 2.45) is 0 Å². The molecule has 0 saturated carbocycles. The predicted molar refractivity (Wildman–Crippen MR) is 113 cm³/mol. The highest BCUT2D eigenvalue weighted by molar-refractivity contribution is 5.90. The van der Waals surface area contributed by atoms with E-state index in [1.165, 1.54) is 36.4 Å². The number of aromatic amines is 1. The second-order valence-electron chi connectivity index (χ2n) is 7.39. The maximum atomic E-state index is 15.9. The van der Waals surface area contributed by atoms with E-state index < -0.39 is 54.2 Å². The monoisotopic (exact) mass is 472 g/mol. The van der Waals surface area contributed by atoms with Gasteiger partial charge in [0.15, 0.2) is 25.1 Å². The number of ether oxygens (including phenoxy) is 3. The van der Waals surface area contributed by atoms with E-state index in [0.29, 0.717) is 4.57 Å². The van der Waals surface area contributed by atoms with Crippen LogP contribution in [-0.2, 0) is 14.2 Å². The van der Waals surface area contributed by atoms with Gasteiger partial charge >= 0.3 is 17.6 Å². The van der Waals surface area contributed by atoms with Crippen LogP contribution in [0.15, 0.2) is 82.5 Å². The number of carbonyl (C=O) groups excluding carboxylic acids is 2. The molecule has 0 spiro atoms. The minimum Gasteiger partial charge on any atom is -0.456 e. The van der Waals surface area contributed by atoms with Gasteiger partial charge in [-0.25, -0.2) is 23.2 Å². The Bertz CT molecular complexity index is 1300. The third kappa shape index (κ3) is 4.64. The number of nitrogens with zero attached hydrogens (tertiary/aromatic N) is 1. The molecule has 1 fully saturated rings. The fraction of sp³-hybridized carbons (Fsp3) is 0.217. The van der Waals surface area contributed by atoms with E-state index in [-0.39, 0.29) is 11.1 Å². The molecule has 9 nitrogen and oxygen atoms in total. The van der Waals surface area contributed by atoms with Gasteiger partial charge in [-0.1, -0.05) is 36.4 Å². The number of esters is 2. The van der Waals surface area contributed by atoms with Gasteiger partial charge < -0.3 is 14.2 Å². The zero-order valence-corrected chi connectivity index (χ0v) is 17.4. The van der Waals surface area contributed by atoms with Crippen molar-refractivity contribution in [3.8, 4) is 0 Å². The van der Waals surface area contributed by atoms with Gasteiger partial charge in [-0.05, 0) is 24.3 Å². The van der Waals surface area contributed by atoms with Crippen molar-refractivity contribution in [1.82, 2.24) is 9.55 Å². The third-order valence-electron chi connectivity index (χ3n) is 5.08. The van der Waals surface area contributed by atoms with Gasteiger partial charge in [0.1, 0.15) is 0 Å². The van der Waals surface area contributed by atoms with E-state index in [2.05, 4.69) is 0 Å². The Kier molecular flexibility index (Phi) is 6.37. The minimum absolute atomic E-state index is 0.0167. The van der Waals surface area contributed by atoms with Crippen LogP contribution >= 0.6 is 0 Å². The number of benzene rings is 2. The summed E-state index contributed by atoms with van der Waals surface area (Å²) in [6.07, 6.45) is -5.60. The number of halogens is 2. The summed E-state index contributed by atoms with van der Waals surface area (Å²) in [6, 6.07) is 16.0. The fourth-order valence-corrected chi connectivity index (χ4v) is 3.41. The number of rotatable bonds is 6. The molecule has 4 atom stereocenters. The molecular formula is C23H18F2N2O7. The lowest BCUT2D eigenvalue weighted by molar-refractivity contribution is -0.208. The molecule has 1 aliphatic heterocycles. The molecule has 0 bridgehead atoms. The van der Waals surface area contributed by atoms with Crippen LogP contribution in [0.1, 0.15) is 26.9 Å². The second-order valence-corrected chi connectivity index (χ2v) is 7.39. The lowest BCUT2D eigenvalue weighted by atomic mass is 10.1. The summed E-state index contributed by atoms with van der Waals surface area (Å²) in [5.41, 5.74) is -1.71. The van der Waals surface area contributed by atoms with Crippen LogP contribution in [-0.4, -0.2) is 46.2 Å². The standard InChI is InChI=1S/C23H18F2N2O7/c24-17-18(33-21(30)15-9-5-2-6-10-15)23(25,13-32-20(29)14-7-3-1-4-8-14)34-19(17)27-12-11-16(28)26-22(27)31/h1-12,17-19H,13H2,(H,26,28,31)/t17-,18+,19-,23-/m1/s1. The van der Waals surface area contributed by atoms with E-state index >= 15 is 8.78 Å². The quantitative estimate of drug-likeness (QED) is 0.547. The molecule has 2 aromatic carbocycles. The van der Waals surface area contributed by atoms with Crippen LogP contribution in [0.25, 0.3) is 0 Å². The molecule has 2 heterocycles. The average Bonchev–Trinajstić information content (AvgIpc) is 3.09. The summed E-state index contributed by atoms with van der Waals surface area (Å²) in [7, 11) is 0. The molecule has 3 aromatic rings. The van der Waals surface area contributed by atoms with Gasteiger partial charge in [-0.15, -0.1) is 0 Å². The lowest BCUT2D eigenvalue weighted by Crippen LogP contribution is -2.45. The molecule has 11 heteroatoms. The van der Waals surface area contributed by atoms with Crippen molar-refractivity contribution in [2.75, 3.05) is 6.61 Å². The topological polar surface area (TPSA) is 117 Å². The zero-order valence-electron chi connectivity index (χ0n) is 17.4. The van der Waals surface area contributed by atoms with E-state index in [4.69, 9.17) is 14.2 Å². The molecule has 34 heavy (non-hydrogen) atoms. The number of nitrogens with one attached hydrogen (secondary N) is 1. The number of H-pyrrole nitrogens is 1. The Morgan fingerprint density at radius 3 is 2.15 bits per heavy atom. The molecule has 0 radical (unpaired) electrons. The van der Waals surface area contributed by atoms with Crippen molar-refractivity contribution in [1.29, 1.82) is 0 Å². The van der Waals surface area contributed by atoms with Gasteiger partial charge in [-0.3, -0.25) is 14.3 Å². The molecule has 1 aliphatic rings. The Morgan fingerprint density at radius 2 is 1.56 bits per heavy atom. The maximum Gasteiger partial charge on any atom is 0.338 e. The summed E-state index contributed by atoms with van der Waals surface area (Å²) in [4.78, 5) is 50.2. The van der Waals surface area contributed by atoms with Crippen molar-refractivity contribution in [3.05, 3.63) is 105 Å². The Hall–Kier alpha value is -4.12. The summed E-state index contributed by atoms with van der Waals surface area (Å²) >= 11 is 0. The highest BCUT2D eigenvalue weighted by Crippen LogP contribution is 2.42. The largest absolute Gasteiger partial charge is 0.456 e.